The van der Waals surface area contributed by atoms with E-state index in [2.05, 4.69) is 17.0 Å². The highest BCUT2D eigenvalue weighted by atomic mass is 35.5. The molecule has 0 N–H and O–H groups in total. The fourth-order valence-electron chi connectivity index (χ4n) is 2.75. The average molecular weight is 351 g/mol. The van der Waals surface area contributed by atoms with Crippen molar-refractivity contribution in [2.24, 2.45) is 0 Å². The maximum atomic E-state index is 12.6. The first-order chi connectivity index (χ1) is 11.0. The van der Waals surface area contributed by atoms with Gasteiger partial charge in [-0.1, -0.05) is 41.9 Å². The lowest BCUT2D eigenvalue weighted by Gasteiger charge is -2.35. The van der Waals surface area contributed by atoms with Crippen LogP contribution in [-0.2, 0) is 15.8 Å². The first kappa shape index (κ1) is 16.3. The second kappa shape index (κ2) is 6.91. The molecule has 122 valence electrons. The monoisotopic (exact) mass is 350 g/mol. The molecule has 1 heterocycles. The van der Waals surface area contributed by atoms with E-state index in [9.17, 15) is 8.42 Å². The van der Waals surface area contributed by atoms with Gasteiger partial charge >= 0.3 is 0 Å². The van der Waals surface area contributed by atoms with Gasteiger partial charge in [-0.05, 0) is 29.8 Å². The van der Waals surface area contributed by atoms with Crippen molar-refractivity contribution in [1.82, 2.24) is 4.31 Å². The summed E-state index contributed by atoms with van der Waals surface area (Å²) in [6, 6.07) is 17.1. The van der Waals surface area contributed by atoms with Gasteiger partial charge in [0.1, 0.15) is 0 Å². The van der Waals surface area contributed by atoms with Crippen molar-refractivity contribution >= 4 is 27.3 Å². The van der Waals surface area contributed by atoms with Crippen molar-refractivity contribution in [1.29, 1.82) is 0 Å². The van der Waals surface area contributed by atoms with Gasteiger partial charge < -0.3 is 4.90 Å². The number of rotatable bonds is 4. The summed E-state index contributed by atoms with van der Waals surface area (Å²) < 4.78 is 26.7. The SMILES string of the molecule is O=S(=O)(Cc1ccc(Cl)cc1)N1CCN(c2ccccc2)CC1. The molecular formula is C17H19ClN2O2S. The van der Waals surface area contributed by atoms with Gasteiger partial charge in [0.05, 0.1) is 5.75 Å². The summed E-state index contributed by atoms with van der Waals surface area (Å²) in [6.07, 6.45) is 0. The van der Waals surface area contributed by atoms with Gasteiger partial charge in [-0.25, -0.2) is 8.42 Å². The molecule has 2 aromatic carbocycles. The zero-order valence-electron chi connectivity index (χ0n) is 12.7. The maximum Gasteiger partial charge on any atom is 0.218 e. The fraction of sp³-hybridized carbons (Fsp3) is 0.294. The Morgan fingerprint density at radius 1 is 0.870 bits per heavy atom. The standard InChI is InChI=1S/C17H19ClN2O2S/c18-16-8-6-15(7-9-16)14-23(21,22)20-12-10-19(11-13-20)17-4-2-1-3-5-17/h1-9H,10-14H2. The quantitative estimate of drug-likeness (QED) is 0.851. The summed E-state index contributed by atoms with van der Waals surface area (Å²) in [5.41, 5.74) is 1.90. The van der Waals surface area contributed by atoms with Crippen LogP contribution in [0, 0.1) is 0 Å². The third-order valence-corrected chi connectivity index (χ3v) is 6.12. The number of para-hydroxylation sites is 1. The highest BCUT2D eigenvalue weighted by molar-refractivity contribution is 7.88. The highest BCUT2D eigenvalue weighted by Gasteiger charge is 2.27. The molecule has 0 amide bonds. The fourth-order valence-corrected chi connectivity index (χ4v) is 4.39. The molecule has 4 nitrogen and oxygen atoms in total. The van der Waals surface area contributed by atoms with Crippen LogP contribution in [0.5, 0.6) is 0 Å². The zero-order chi connectivity index (χ0) is 16.3. The number of sulfonamides is 1. The van der Waals surface area contributed by atoms with Crippen LogP contribution in [0.25, 0.3) is 0 Å². The molecule has 0 saturated carbocycles. The molecule has 1 aliphatic heterocycles. The summed E-state index contributed by atoms with van der Waals surface area (Å²) in [4.78, 5) is 2.22. The number of nitrogens with zero attached hydrogens (tertiary/aromatic N) is 2. The van der Waals surface area contributed by atoms with Crippen LogP contribution < -0.4 is 4.90 Å². The molecule has 1 saturated heterocycles. The van der Waals surface area contributed by atoms with Crippen molar-refractivity contribution < 1.29 is 8.42 Å². The normalized spacial score (nSPS) is 16.5. The zero-order valence-corrected chi connectivity index (χ0v) is 14.3. The predicted molar refractivity (Wildman–Crippen MR) is 94.3 cm³/mol. The van der Waals surface area contributed by atoms with Crippen LogP contribution >= 0.6 is 11.6 Å². The maximum absolute atomic E-state index is 12.6. The molecule has 1 aliphatic rings. The second-order valence-electron chi connectivity index (χ2n) is 5.60. The minimum atomic E-state index is -3.29. The van der Waals surface area contributed by atoms with Gasteiger partial charge in [-0.15, -0.1) is 0 Å². The first-order valence-electron chi connectivity index (χ1n) is 7.57. The molecule has 0 unspecified atom stereocenters. The molecule has 6 heteroatoms. The van der Waals surface area contributed by atoms with Gasteiger partial charge in [0.25, 0.3) is 0 Å². The molecule has 0 radical (unpaired) electrons. The van der Waals surface area contributed by atoms with Crippen molar-refractivity contribution in [2.45, 2.75) is 5.75 Å². The lowest BCUT2D eigenvalue weighted by Crippen LogP contribution is -2.49. The van der Waals surface area contributed by atoms with E-state index in [-0.39, 0.29) is 5.75 Å². The Morgan fingerprint density at radius 3 is 2.09 bits per heavy atom. The Labute approximate surface area is 142 Å². The van der Waals surface area contributed by atoms with Crippen LogP contribution in [0.1, 0.15) is 5.56 Å². The summed E-state index contributed by atoms with van der Waals surface area (Å²) >= 11 is 5.84. The highest BCUT2D eigenvalue weighted by Crippen LogP contribution is 2.19. The molecular weight excluding hydrogens is 332 g/mol. The van der Waals surface area contributed by atoms with E-state index in [1.165, 1.54) is 0 Å². The Hall–Kier alpha value is -1.56. The summed E-state index contributed by atoms with van der Waals surface area (Å²) in [5, 5.41) is 0.614. The van der Waals surface area contributed by atoms with E-state index in [4.69, 9.17) is 11.6 Å². The average Bonchev–Trinajstić information content (AvgIpc) is 2.58. The van der Waals surface area contributed by atoms with Gasteiger partial charge in [0.15, 0.2) is 0 Å². The Bertz CT molecular complexity index is 740. The Balaban J connectivity index is 1.63. The van der Waals surface area contributed by atoms with E-state index in [1.54, 1.807) is 28.6 Å². The number of halogens is 1. The molecule has 2 aromatic rings. The molecule has 0 bridgehead atoms. The van der Waals surface area contributed by atoms with Gasteiger partial charge in [-0.2, -0.15) is 4.31 Å². The summed E-state index contributed by atoms with van der Waals surface area (Å²) in [5.74, 6) is 0.0233. The second-order valence-corrected chi connectivity index (χ2v) is 8.01. The Morgan fingerprint density at radius 2 is 1.48 bits per heavy atom. The minimum absolute atomic E-state index is 0.0233. The van der Waals surface area contributed by atoms with Crippen molar-refractivity contribution in [3.8, 4) is 0 Å². The number of piperazine rings is 1. The number of hydrogen-bond donors (Lipinski definition) is 0. The lowest BCUT2D eigenvalue weighted by molar-refractivity contribution is 0.384. The van der Waals surface area contributed by atoms with E-state index >= 15 is 0 Å². The van der Waals surface area contributed by atoms with Crippen LogP contribution in [0.15, 0.2) is 54.6 Å². The van der Waals surface area contributed by atoms with Crippen molar-refractivity contribution in [2.75, 3.05) is 31.1 Å². The van der Waals surface area contributed by atoms with Crippen LogP contribution in [0.2, 0.25) is 5.02 Å². The molecule has 0 atom stereocenters. The van der Waals surface area contributed by atoms with Gasteiger partial charge in [0, 0.05) is 36.9 Å². The summed E-state index contributed by atoms with van der Waals surface area (Å²) in [7, 11) is -3.29. The number of hydrogen-bond acceptors (Lipinski definition) is 3. The molecule has 3 rings (SSSR count). The van der Waals surface area contributed by atoms with Crippen LogP contribution in [-0.4, -0.2) is 38.9 Å². The van der Waals surface area contributed by atoms with Gasteiger partial charge in [0.2, 0.25) is 10.0 Å². The first-order valence-corrected chi connectivity index (χ1v) is 9.55. The number of anilines is 1. The minimum Gasteiger partial charge on any atom is -0.369 e. The van der Waals surface area contributed by atoms with Crippen LogP contribution in [0.4, 0.5) is 5.69 Å². The lowest BCUT2D eigenvalue weighted by atomic mass is 10.2. The molecule has 0 aliphatic carbocycles. The predicted octanol–water partition coefficient (Wildman–Crippen LogP) is 2.99. The van der Waals surface area contributed by atoms with E-state index in [0.717, 1.165) is 11.3 Å². The topological polar surface area (TPSA) is 40.6 Å². The van der Waals surface area contributed by atoms with E-state index in [0.29, 0.717) is 31.2 Å². The molecule has 23 heavy (non-hydrogen) atoms. The van der Waals surface area contributed by atoms with Crippen molar-refractivity contribution in [3.63, 3.8) is 0 Å². The van der Waals surface area contributed by atoms with E-state index in [1.807, 2.05) is 18.2 Å². The third-order valence-electron chi connectivity index (χ3n) is 4.02. The number of benzene rings is 2. The third kappa shape index (κ3) is 4.05. The summed E-state index contributed by atoms with van der Waals surface area (Å²) in [6.45, 7) is 2.46. The molecule has 0 aromatic heterocycles. The molecule has 0 spiro atoms. The Kier molecular flexibility index (Phi) is 4.90. The molecule has 1 fully saturated rings. The van der Waals surface area contributed by atoms with Gasteiger partial charge in [-0.3, -0.25) is 0 Å². The smallest absolute Gasteiger partial charge is 0.218 e. The largest absolute Gasteiger partial charge is 0.369 e. The van der Waals surface area contributed by atoms with Crippen LogP contribution in [0.3, 0.4) is 0 Å². The van der Waals surface area contributed by atoms with Crippen molar-refractivity contribution in [3.05, 3.63) is 65.2 Å². The van der Waals surface area contributed by atoms with E-state index < -0.39 is 10.0 Å².